The number of benzene rings is 1. The molecule has 0 N–H and O–H groups in total. The Morgan fingerprint density at radius 1 is 1.06 bits per heavy atom. The summed E-state index contributed by atoms with van der Waals surface area (Å²) in [5, 5.41) is 8.44. The molecule has 11 heteroatoms. The van der Waals surface area contributed by atoms with Gasteiger partial charge in [-0.2, -0.15) is 0 Å². The molecule has 1 amide bonds. The first-order valence-corrected chi connectivity index (χ1v) is 13.7. The lowest BCUT2D eigenvalue weighted by atomic mass is 9.93. The molecule has 1 aromatic carbocycles. The molecule has 1 saturated heterocycles. The average Bonchev–Trinajstić information content (AvgIpc) is 3.52. The highest BCUT2D eigenvalue weighted by atomic mass is 32.2. The van der Waals surface area contributed by atoms with Crippen LogP contribution in [0.2, 0.25) is 0 Å². The molecule has 0 bridgehead atoms. The van der Waals surface area contributed by atoms with Crippen molar-refractivity contribution in [1.29, 1.82) is 0 Å². The predicted molar refractivity (Wildman–Crippen MR) is 117 cm³/mol. The Hall–Kier alpha value is -2.27. The Morgan fingerprint density at radius 3 is 2.66 bits per heavy atom. The van der Waals surface area contributed by atoms with Crippen molar-refractivity contribution in [3.05, 3.63) is 18.2 Å². The second-order valence-corrected chi connectivity index (χ2v) is 11.5. The molecule has 5 rings (SSSR count). The van der Waals surface area contributed by atoms with Crippen molar-refractivity contribution in [1.82, 2.24) is 15.1 Å². The number of hydrogen-bond donors (Lipinski definition) is 0. The number of aromatic nitrogens is 2. The van der Waals surface area contributed by atoms with Crippen LogP contribution in [0.25, 0.3) is 11.5 Å². The van der Waals surface area contributed by atoms with Gasteiger partial charge in [0.2, 0.25) is 18.6 Å². The van der Waals surface area contributed by atoms with Crippen molar-refractivity contribution in [2.24, 2.45) is 0 Å². The largest absolute Gasteiger partial charge is 0.454 e. The van der Waals surface area contributed by atoms with E-state index in [1.165, 1.54) is 18.2 Å². The van der Waals surface area contributed by atoms with Crippen LogP contribution in [0.15, 0.2) is 27.8 Å². The van der Waals surface area contributed by atoms with Gasteiger partial charge in [0.25, 0.3) is 5.22 Å². The number of fused-ring (bicyclic) bond motifs is 1. The molecule has 172 valence electrons. The van der Waals surface area contributed by atoms with Gasteiger partial charge < -0.3 is 18.8 Å². The van der Waals surface area contributed by atoms with E-state index in [-0.39, 0.29) is 42.0 Å². The third-order valence-corrected chi connectivity index (χ3v) is 8.76. The van der Waals surface area contributed by atoms with Gasteiger partial charge in [-0.3, -0.25) is 4.79 Å². The molecule has 0 spiro atoms. The number of hydrogen-bond acceptors (Lipinski definition) is 9. The second kappa shape index (κ2) is 8.93. The van der Waals surface area contributed by atoms with E-state index >= 15 is 0 Å². The smallest absolute Gasteiger partial charge is 0.277 e. The maximum Gasteiger partial charge on any atom is 0.277 e. The third kappa shape index (κ3) is 4.59. The van der Waals surface area contributed by atoms with Crippen LogP contribution in [0.5, 0.6) is 11.5 Å². The normalized spacial score (nSPS) is 22.2. The zero-order valence-electron chi connectivity index (χ0n) is 17.6. The Balaban J connectivity index is 1.26. The monoisotopic (exact) mass is 479 g/mol. The predicted octanol–water partition coefficient (Wildman–Crippen LogP) is 2.91. The quantitative estimate of drug-likeness (QED) is 0.577. The second-order valence-electron chi connectivity index (χ2n) is 8.38. The summed E-state index contributed by atoms with van der Waals surface area (Å²) < 4.78 is 40.5. The van der Waals surface area contributed by atoms with E-state index in [9.17, 15) is 13.2 Å². The zero-order chi connectivity index (χ0) is 22.1. The Kier molecular flexibility index (Phi) is 6.02. The first kappa shape index (κ1) is 21.6. The van der Waals surface area contributed by atoms with Gasteiger partial charge in [-0.25, -0.2) is 8.42 Å². The summed E-state index contributed by atoms with van der Waals surface area (Å²) in [5.74, 6) is 1.93. The fraction of sp³-hybridized carbons (Fsp3) is 0.571. The minimum atomic E-state index is -3.07. The Labute approximate surface area is 190 Å². The lowest BCUT2D eigenvalue weighted by Gasteiger charge is -2.38. The van der Waals surface area contributed by atoms with E-state index in [1.807, 2.05) is 11.0 Å². The SMILES string of the molecule is O=C(CSc1nnc(-c2ccc3c(c2)OCO3)o1)N(C1CCCCC1)C1CCS(=O)(=O)C1. The molecule has 1 aromatic heterocycles. The van der Waals surface area contributed by atoms with Gasteiger partial charge in [-0.15, -0.1) is 10.2 Å². The van der Waals surface area contributed by atoms with Crippen molar-refractivity contribution in [3.63, 3.8) is 0 Å². The lowest BCUT2D eigenvalue weighted by molar-refractivity contribution is -0.133. The number of amides is 1. The molecule has 2 aliphatic heterocycles. The first-order valence-electron chi connectivity index (χ1n) is 10.9. The summed E-state index contributed by atoms with van der Waals surface area (Å²) in [6.45, 7) is 0.186. The van der Waals surface area contributed by atoms with Crippen LogP contribution in [0.3, 0.4) is 0 Å². The molecule has 9 nitrogen and oxygen atoms in total. The molecule has 32 heavy (non-hydrogen) atoms. The summed E-state index contributed by atoms with van der Waals surface area (Å²) in [5.41, 5.74) is 0.708. The van der Waals surface area contributed by atoms with E-state index < -0.39 is 9.84 Å². The molecular weight excluding hydrogens is 454 g/mol. The van der Waals surface area contributed by atoms with Gasteiger partial charge in [-0.1, -0.05) is 31.0 Å². The minimum Gasteiger partial charge on any atom is -0.454 e. The fourth-order valence-electron chi connectivity index (χ4n) is 4.67. The summed E-state index contributed by atoms with van der Waals surface area (Å²) >= 11 is 1.18. The van der Waals surface area contributed by atoms with Crippen molar-refractivity contribution < 1.29 is 27.1 Å². The standard InChI is InChI=1S/C21H25N3O6S2/c25-19(24(15-4-2-1-3-5-15)16-8-9-32(26,27)12-16)11-31-21-23-22-20(30-21)14-6-7-17-18(10-14)29-13-28-17/h6-7,10,15-16H,1-5,8-9,11-13H2. The molecule has 1 atom stereocenters. The summed E-state index contributed by atoms with van der Waals surface area (Å²) in [6.07, 6.45) is 5.70. The van der Waals surface area contributed by atoms with Crippen LogP contribution in [0, 0.1) is 0 Å². The van der Waals surface area contributed by atoms with E-state index in [0.717, 1.165) is 25.7 Å². The highest BCUT2D eigenvalue weighted by Crippen LogP contribution is 2.36. The minimum absolute atomic E-state index is 0.0631. The van der Waals surface area contributed by atoms with Crippen molar-refractivity contribution >= 4 is 27.5 Å². The van der Waals surface area contributed by atoms with Gasteiger partial charge in [0.15, 0.2) is 21.3 Å². The highest BCUT2D eigenvalue weighted by molar-refractivity contribution is 7.99. The zero-order valence-corrected chi connectivity index (χ0v) is 19.2. The van der Waals surface area contributed by atoms with Crippen LogP contribution in [-0.4, -0.2) is 65.6 Å². The summed E-state index contributed by atoms with van der Waals surface area (Å²) in [7, 11) is -3.07. The van der Waals surface area contributed by atoms with E-state index in [2.05, 4.69) is 10.2 Å². The topological polar surface area (TPSA) is 112 Å². The lowest BCUT2D eigenvalue weighted by Crippen LogP contribution is -2.49. The molecule has 1 saturated carbocycles. The number of carbonyl (C=O) groups is 1. The van der Waals surface area contributed by atoms with Crippen LogP contribution in [0.4, 0.5) is 0 Å². The van der Waals surface area contributed by atoms with Gasteiger partial charge in [-0.05, 0) is 37.5 Å². The number of thioether (sulfide) groups is 1. The number of sulfone groups is 1. The Morgan fingerprint density at radius 2 is 1.88 bits per heavy atom. The molecule has 1 aliphatic carbocycles. The van der Waals surface area contributed by atoms with Crippen molar-refractivity contribution in [2.45, 2.75) is 55.8 Å². The first-order chi connectivity index (χ1) is 15.5. The fourth-order valence-corrected chi connectivity index (χ4v) is 7.02. The van der Waals surface area contributed by atoms with Gasteiger partial charge >= 0.3 is 0 Å². The maximum atomic E-state index is 13.2. The van der Waals surface area contributed by atoms with Crippen LogP contribution in [0.1, 0.15) is 38.5 Å². The van der Waals surface area contributed by atoms with Crippen LogP contribution < -0.4 is 9.47 Å². The molecule has 2 aromatic rings. The van der Waals surface area contributed by atoms with Gasteiger partial charge in [0, 0.05) is 17.6 Å². The molecular formula is C21H25N3O6S2. The van der Waals surface area contributed by atoms with E-state index in [4.69, 9.17) is 13.9 Å². The summed E-state index contributed by atoms with van der Waals surface area (Å²) in [4.78, 5) is 15.1. The maximum absolute atomic E-state index is 13.2. The van der Waals surface area contributed by atoms with Gasteiger partial charge in [0.1, 0.15) is 0 Å². The van der Waals surface area contributed by atoms with Gasteiger partial charge in [0.05, 0.1) is 17.3 Å². The van der Waals surface area contributed by atoms with E-state index in [1.54, 1.807) is 12.1 Å². The van der Waals surface area contributed by atoms with Crippen molar-refractivity contribution in [3.8, 4) is 23.0 Å². The molecule has 2 fully saturated rings. The van der Waals surface area contributed by atoms with Crippen LogP contribution in [-0.2, 0) is 14.6 Å². The Bertz CT molecular complexity index is 1100. The number of ether oxygens (including phenoxy) is 2. The molecule has 0 radical (unpaired) electrons. The number of nitrogens with zero attached hydrogens (tertiary/aromatic N) is 3. The third-order valence-electron chi connectivity index (χ3n) is 6.20. The van der Waals surface area contributed by atoms with E-state index in [0.29, 0.717) is 34.6 Å². The number of carbonyl (C=O) groups excluding carboxylic acids is 1. The average molecular weight is 480 g/mol. The molecule has 3 aliphatic rings. The number of rotatable bonds is 6. The molecule has 1 unspecified atom stereocenters. The van der Waals surface area contributed by atoms with Crippen LogP contribution >= 0.6 is 11.8 Å². The molecule has 3 heterocycles. The highest BCUT2D eigenvalue weighted by Gasteiger charge is 2.38. The summed E-state index contributed by atoms with van der Waals surface area (Å²) in [6, 6.07) is 5.26. The van der Waals surface area contributed by atoms with Crippen molar-refractivity contribution in [2.75, 3.05) is 24.1 Å².